The molecule has 0 heterocycles. The lowest BCUT2D eigenvalue weighted by Crippen LogP contribution is -2.46. The summed E-state index contributed by atoms with van der Waals surface area (Å²) in [6.07, 6.45) is -0.485. The second kappa shape index (κ2) is 7.39. The molecular formula is C12H26NO5P. The Morgan fingerprint density at radius 1 is 1.32 bits per heavy atom. The maximum atomic E-state index is 11.8. The van der Waals surface area contributed by atoms with Gasteiger partial charge in [-0.25, -0.2) is 0 Å². The van der Waals surface area contributed by atoms with E-state index < -0.39 is 25.7 Å². The van der Waals surface area contributed by atoms with Crippen molar-refractivity contribution in [1.82, 2.24) is 5.32 Å². The van der Waals surface area contributed by atoms with Gasteiger partial charge in [-0.2, -0.15) is 0 Å². The molecule has 0 radical (unpaired) electrons. The first-order valence-corrected chi connectivity index (χ1v) is 7.53. The van der Waals surface area contributed by atoms with Crippen molar-refractivity contribution in [2.24, 2.45) is 10.8 Å². The number of nitrogens with one attached hydrogen (secondary N) is 1. The smallest absolute Gasteiger partial charge is 0.316 e. The molecule has 6 nitrogen and oxygen atoms in total. The van der Waals surface area contributed by atoms with Crippen LogP contribution in [0.1, 0.15) is 41.0 Å². The average Bonchev–Trinajstić information content (AvgIpc) is 2.23. The Balaban J connectivity index is 4.27. The topological polar surface area (TPSA) is 95.9 Å². The Hall–Kier alpha value is -0.420. The zero-order valence-corrected chi connectivity index (χ0v) is 13.3. The van der Waals surface area contributed by atoms with Gasteiger partial charge in [-0.15, -0.1) is 0 Å². The van der Waals surface area contributed by atoms with Crippen molar-refractivity contribution >= 4 is 14.2 Å². The quantitative estimate of drug-likeness (QED) is 0.616. The average molecular weight is 295 g/mol. The van der Waals surface area contributed by atoms with Gasteiger partial charge in [-0.05, 0) is 11.8 Å². The van der Waals surface area contributed by atoms with Crippen molar-refractivity contribution in [3.63, 3.8) is 0 Å². The van der Waals surface area contributed by atoms with Crippen LogP contribution in [-0.2, 0) is 13.9 Å². The highest BCUT2D eigenvalue weighted by Crippen LogP contribution is 2.27. The maximum Gasteiger partial charge on any atom is 0.316 e. The van der Waals surface area contributed by atoms with Crippen LogP contribution in [0, 0.1) is 10.8 Å². The first-order chi connectivity index (χ1) is 8.46. The van der Waals surface area contributed by atoms with Crippen LogP contribution in [0.3, 0.4) is 0 Å². The molecule has 0 aliphatic carbocycles. The van der Waals surface area contributed by atoms with Crippen LogP contribution < -0.4 is 5.32 Å². The molecule has 0 aliphatic heterocycles. The number of amides is 1. The Bertz CT molecular complexity index is 325. The number of carbonyl (C=O) groups is 1. The summed E-state index contributed by atoms with van der Waals surface area (Å²) in [6.45, 7) is 9.71. The lowest BCUT2D eigenvalue weighted by Gasteiger charge is -2.29. The minimum atomic E-state index is -3.05. The lowest BCUT2D eigenvalue weighted by atomic mass is 9.87. The molecule has 7 heteroatoms. The van der Waals surface area contributed by atoms with Crippen molar-refractivity contribution < 1.29 is 23.9 Å². The molecule has 19 heavy (non-hydrogen) atoms. The summed E-state index contributed by atoms with van der Waals surface area (Å²) in [7, 11) is -3.05. The van der Waals surface area contributed by atoms with Crippen LogP contribution in [0.2, 0.25) is 0 Å². The largest absolute Gasteiger partial charge is 0.383 e. The first kappa shape index (κ1) is 18.6. The van der Waals surface area contributed by atoms with Crippen molar-refractivity contribution in [3.8, 4) is 0 Å². The van der Waals surface area contributed by atoms with Crippen LogP contribution in [0.25, 0.3) is 0 Å². The second-order valence-corrected chi connectivity index (χ2v) is 7.37. The van der Waals surface area contributed by atoms with Gasteiger partial charge >= 0.3 is 8.25 Å². The molecule has 0 bridgehead atoms. The van der Waals surface area contributed by atoms with E-state index in [2.05, 4.69) is 30.6 Å². The monoisotopic (exact) mass is 295 g/mol. The maximum absolute atomic E-state index is 11.8. The third kappa shape index (κ3) is 8.37. The van der Waals surface area contributed by atoms with Gasteiger partial charge in [0.2, 0.25) is 5.91 Å². The minimum absolute atomic E-state index is 0.105. The van der Waals surface area contributed by atoms with E-state index in [9.17, 15) is 14.5 Å². The van der Waals surface area contributed by atoms with Gasteiger partial charge in [0.05, 0.1) is 6.61 Å². The van der Waals surface area contributed by atoms with E-state index in [1.165, 1.54) is 0 Å². The van der Waals surface area contributed by atoms with Crippen molar-refractivity contribution in [1.29, 1.82) is 0 Å². The van der Waals surface area contributed by atoms with E-state index >= 15 is 0 Å². The highest BCUT2D eigenvalue weighted by atomic mass is 31.1. The summed E-state index contributed by atoms with van der Waals surface area (Å²) in [5, 5.41) is 12.6. The summed E-state index contributed by atoms with van der Waals surface area (Å²) >= 11 is 0. The highest BCUT2D eigenvalue weighted by molar-refractivity contribution is 7.32. The SMILES string of the molecule is CC(C)(C)CCNC(=O)C(O)C(C)(C)CO[PH](=O)O. The van der Waals surface area contributed by atoms with E-state index in [1.807, 2.05) is 0 Å². The number of hydrogen-bond acceptors (Lipinski definition) is 4. The second-order valence-electron chi connectivity index (χ2n) is 6.55. The molecular weight excluding hydrogens is 269 g/mol. The van der Waals surface area contributed by atoms with Gasteiger partial charge in [-0.1, -0.05) is 34.6 Å². The minimum Gasteiger partial charge on any atom is -0.383 e. The zero-order chi connectivity index (χ0) is 15.3. The van der Waals surface area contributed by atoms with Crippen LogP contribution >= 0.6 is 8.25 Å². The molecule has 0 fully saturated rings. The summed E-state index contributed by atoms with van der Waals surface area (Å²) in [6, 6.07) is 0. The summed E-state index contributed by atoms with van der Waals surface area (Å²) in [4.78, 5) is 20.4. The van der Waals surface area contributed by atoms with Gasteiger partial charge in [0.15, 0.2) is 0 Å². The summed E-state index contributed by atoms with van der Waals surface area (Å²) in [5.41, 5.74) is -0.817. The molecule has 0 saturated carbocycles. The fourth-order valence-electron chi connectivity index (χ4n) is 1.34. The predicted octanol–water partition coefficient (Wildman–Crippen LogP) is 1.32. The Morgan fingerprint density at radius 2 is 1.84 bits per heavy atom. The molecule has 0 aromatic rings. The van der Waals surface area contributed by atoms with E-state index in [0.29, 0.717) is 6.54 Å². The van der Waals surface area contributed by atoms with Crippen molar-refractivity contribution in [2.45, 2.75) is 47.1 Å². The third-order valence-electron chi connectivity index (χ3n) is 2.73. The highest BCUT2D eigenvalue weighted by Gasteiger charge is 2.34. The molecule has 0 rings (SSSR count). The molecule has 3 N–H and O–H groups in total. The zero-order valence-electron chi connectivity index (χ0n) is 12.3. The standard InChI is InChI=1S/C12H26NO5P/c1-11(2,3)6-7-13-10(15)9(14)12(4,5)8-18-19(16)17/h9,14,19H,6-8H2,1-5H3,(H,13,15)(H,16,17). The van der Waals surface area contributed by atoms with Crippen LogP contribution in [0.5, 0.6) is 0 Å². The Labute approximate surface area is 115 Å². The molecule has 0 spiro atoms. The van der Waals surface area contributed by atoms with E-state index in [1.54, 1.807) is 13.8 Å². The normalized spacial score (nSPS) is 15.9. The first-order valence-electron chi connectivity index (χ1n) is 6.27. The molecule has 2 unspecified atom stereocenters. The Kier molecular flexibility index (Phi) is 7.22. The van der Waals surface area contributed by atoms with Crippen molar-refractivity contribution in [2.75, 3.05) is 13.2 Å². The summed E-state index contributed by atoms with van der Waals surface area (Å²) < 4.78 is 15.1. The van der Waals surface area contributed by atoms with Crippen LogP contribution in [-0.4, -0.2) is 35.2 Å². The number of aliphatic hydroxyl groups excluding tert-OH is 1. The molecule has 2 atom stereocenters. The van der Waals surface area contributed by atoms with E-state index in [0.717, 1.165) is 6.42 Å². The van der Waals surface area contributed by atoms with Gasteiger partial charge in [0, 0.05) is 12.0 Å². The van der Waals surface area contributed by atoms with Crippen LogP contribution in [0.4, 0.5) is 0 Å². The molecule has 1 amide bonds. The third-order valence-corrected chi connectivity index (χ3v) is 3.12. The fourth-order valence-corrected chi connectivity index (χ4v) is 1.83. The van der Waals surface area contributed by atoms with Gasteiger partial charge in [-0.3, -0.25) is 9.36 Å². The van der Waals surface area contributed by atoms with E-state index in [-0.39, 0.29) is 12.0 Å². The molecule has 0 saturated heterocycles. The lowest BCUT2D eigenvalue weighted by molar-refractivity contribution is -0.136. The Morgan fingerprint density at radius 3 is 2.26 bits per heavy atom. The predicted molar refractivity (Wildman–Crippen MR) is 74.0 cm³/mol. The fraction of sp³-hybridized carbons (Fsp3) is 0.917. The van der Waals surface area contributed by atoms with Gasteiger partial charge in [0.25, 0.3) is 0 Å². The summed E-state index contributed by atoms with van der Waals surface area (Å²) in [5.74, 6) is -0.490. The number of carbonyl (C=O) groups excluding carboxylic acids is 1. The molecule has 0 aromatic carbocycles. The number of hydrogen-bond donors (Lipinski definition) is 3. The molecule has 0 aromatic heterocycles. The van der Waals surface area contributed by atoms with Gasteiger partial charge < -0.3 is 19.8 Å². The molecule has 114 valence electrons. The number of aliphatic hydroxyl groups is 1. The molecule has 0 aliphatic rings. The number of rotatable bonds is 7. The van der Waals surface area contributed by atoms with Crippen molar-refractivity contribution in [3.05, 3.63) is 0 Å². The van der Waals surface area contributed by atoms with Crippen LogP contribution in [0.15, 0.2) is 0 Å². The van der Waals surface area contributed by atoms with Gasteiger partial charge in [0.1, 0.15) is 6.10 Å². The van der Waals surface area contributed by atoms with E-state index in [4.69, 9.17) is 4.89 Å².